The minimum atomic E-state index is -0.464. The zero-order chi connectivity index (χ0) is 14.9. The van der Waals surface area contributed by atoms with Crippen LogP contribution in [0.2, 0.25) is 5.02 Å². The second kappa shape index (κ2) is 5.67. The van der Waals surface area contributed by atoms with Gasteiger partial charge in [0.1, 0.15) is 17.4 Å². The molecule has 0 aliphatic carbocycles. The molecule has 0 spiro atoms. The normalized spacial score (nSPS) is 12.2. The van der Waals surface area contributed by atoms with Crippen molar-refractivity contribution in [3.8, 4) is 5.75 Å². The van der Waals surface area contributed by atoms with Gasteiger partial charge in [0.25, 0.3) is 0 Å². The maximum atomic E-state index is 13.9. The van der Waals surface area contributed by atoms with Gasteiger partial charge in [-0.1, -0.05) is 11.6 Å². The average Bonchev–Trinajstić information content (AvgIpc) is 2.38. The Bertz CT molecular complexity index is 646. The highest BCUT2D eigenvalue weighted by Gasteiger charge is 2.14. The van der Waals surface area contributed by atoms with E-state index >= 15 is 0 Å². The van der Waals surface area contributed by atoms with E-state index in [9.17, 15) is 13.9 Å². The molecular weight excluding hydrogens is 284 g/mol. The van der Waals surface area contributed by atoms with Crippen LogP contribution in [0.1, 0.15) is 24.1 Å². The van der Waals surface area contributed by atoms with Gasteiger partial charge in [-0.25, -0.2) is 8.78 Å². The number of benzene rings is 2. The molecule has 2 aromatic carbocycles. The van der Waals surface area contributed by atoms with Crippen molar-refractivity contribution >= 4 is 17.3 Å². The predicted molar refractivity (Wildman–Crippen MR) is 76.2 cm³/mol. The summed E-state index contributed by atoms with van der Waals surface area (Å²) in [6.07, 6.45) is 0. The molecule has 106 valence electrons. The van der Waals surface area contributed by atoms with Crippen molar-refractivity contribution in [2.24, 2.45) is 0 Å². The first-order valence-corrected chi connectivity index (χ1v) is 6.47. The fraction of sp³-hybridized carbons (Fsp3) is 0.200. The Hall–Kier alpha value is -1.81. The monoisotopic (exact) mass is 297 g/mol. The van der Waals surface area contributed by atoms with Gasteiger partial charge in [-0.05, 0) is 49.7 Å². The van der Waals surface area contributed by atoms with Crippen LogP contribution in [0, 0.1) is 18.6 Å². The zero-order valence-electron chi connectivity index (χ0n) is 11.0. The van der Waals surface area contributed by atoms with Gasteiger partial charge in [0, 0.05) is 11.3 Å². The van der Waals surface area contributed by atoms with E-state index in [4.69, 9.17) is 11.6 Å². The molecule has 0 saturated carbocycles. The van der Waals surface area contributed by atoms with Crippen LogP contribution in [-0.2, 0) is 0 Å². The summed E-state index contributed by atoms with van der Waals surface area (Å²) in [4.78, 5) is 0. The Morgan fingerprint density at radius 2 is 1.85 bits per heavy atom. The fourth-order valence-electron chi connectivity index (χ4n) is 1.92. The van der Waals surface area contributed by atoms with Gasteiger partial charge in [-0.2, -0.15) is 0 Å². The molecule has 0 heterocycles. The number of nitrogens with one attached hydrogen (secondary N) is 1. The second-order valence-electron chi connectivity index (χ2n) is 4.66. The van der Waals surface area contributed by atoms with E-state index in [1.54, 1.807) is 13.0 Å². The van der Waals surface area contributed by atoms with Gasteiger partial charge in [0.15, 0.2) is 0 Å². The van der Waals surface area contributed by atoms with E-state index in [-0.39, 0.29) is 21.9 Å². The van der Waals surface area contributed by atoms with E-state index in [1.807, 2.05) is 0 Å². The highest BCUT2D eigenvalue weighted by Crippen LogP contribution is 2.29. The molecule has 0 radical (unpaired) electrons. The number of aromatic hydroxyl groups is 1. The smallest absolute Gasteiger partial charge is 0.134 e. The first-order valence-electron chi connectivity index (χ1n) is 6.09. The molecule has 5 heteroatoms. The SMILES string of the molecule is Cc1cc(F)c(C(C)Nc2ccc(O)c(Cl)c2)cc1F. The molecule has 0 bridgehead atoms. The Morgan fingerprint density at radius 1 is 1.15 bits per heavy atom. The zero-order valence-corrected chi connectivity index (χ0v) is 11.8. The Balaban J connectivity index is 2.25. The standard InChI is InChI=1S/C15H14ClF2NO/c1-8-5-14(18)11(7-13(8)17)9(2)19-10-3-4-15(20)12(16)6-10/h3-7,9,19-20H,1-2H3. The molecule has 0 aliphatic heterocycles. The summed E-state index contributed by atoms with van der Waals surface area (Å²) < 4.78 is 27.4. The first-order chi connectivity index (χ1) is 9.38. The van der Waals surface area contributed by atoms with Crippen LogP contribution < -0.4 is 5.32 Å². The lowest BCUT2D eigenvalue weighted by atomic mass is 10.0. The van der Waals surface area contributed by atoms with Gasteiger partial charge in [0.2, 0.25) is 0 Å². The maximum Gasteiger partial charge on any atom is 0.134 e. The summed E-state index contributed by atoms with van der Waals surface area (Å²) in [5.74, 6) is -0.940. The largest absolute Gasteiger partial charge is 0.506 e. The van der Waals surface area contributed by atoms with Crippen molar-refractivity contribution in [3.63, 3.8) is 0 Å². The van der Waals surface area contributed by atoms with E-state index in [0.29, 0.717) is 5.69 Å². The highest BCUT2D eigenvalue weighted by atomic mass is 35.5. The highest BCUT2D eigenvalue weighted by molar-refractivity contribution is 6.32. The molecule has 2 N–H and O–H groups in total. The number of rotatable bonds is 3. The number of halogens is 3. The van der Waals surface area contributed by atoms with Gasteiger partial charge in [-0.3, -0.25) is 0 Å². The summed E-state index contributed by atoms with van der Waals surface area (Å²) >= 11 is 5.80. The van der Waals surface area contributed by atoms with Crippen LogP contribution in [0.15, 0.2) is 30.3 Å². The van der Waals surface area contributed by atoms with Crippen LogP contribution in [0.4, 0.5) is 14.5 Å². The molecule has 0 aliphatic rings. The number of phenols is 1. The predicted octanol–water partition coefficient (Wildman–Crippen LogP) is 4.81. The molecule has 1 unspecified atom stereocenters. The first kappa shape index (κ1) is 14.6. The van der Waals surface area contributed by atoms with Crippen LogP contribution in [-0.4, -0.2) is 5.11 Å². The molecular formula is C15H14ClF2NO. The van der Waals surface area contributed by atoms with Crippen molar-refractivity contribution in [2.45, 2.75) is 19.9 Å². The third-order valence-corrected chi connectivity index (χ3v) is 3.38. The average molecular weight is 298 g/mol. The van der Waals surface area contributed by atoms with Crippen molar-refractivity contribution < 1.29 is 13.9 Å². The van der Waals surface area contributed by atoms with Crippen molar-refractivity contribution in [2.75, 3.05) is 5.32 Å². The Kier molecular flexibility index (Phi) is 4.14. The minimum Gasteiger partial charge on any atom is -0.506 e. The number of hydrogen-bond acceptors (Lipinski definition) is 2. The summed E-state index contributed by atoms with van der Waals surface area (Å²) in [6, 6.07) is 6.49. The number of phenolic OH excluding ortho intramolecular Hbond substituents is 1. The van der Waals surface area contributed by atoms with E-state index in [1.165, 1.54) is 31.2 Å². The third-order valence-electron chi connectivity index (χ3n) is 3.08. The fourth-order valence-corrected chi connectivity index (χ4v) is 2.10. The van der Waals surface area contributed by atoms with E-state index < -0.39 is 17.7 Å². The van der Waals surface area contributed by atoms with Gasteiger partial charge in [0.05, 0.1) is 11.1 Å². The van der Waals surface area contributed by atoms with Gasteiger partial charge in [-0.15, -0.1) is 0 Å². The summed E-state index contributed by atoms with van der Waals surface area (Å²) in [5, 5.41) is 12.5. The number of aryl methyl sites for hydroxylation is 1. The molecule has 20 heavy (non-hydrogen) atoms. The quantitative estimate of drug-likeness (QED) is 0.797. The lowest BCUT2D eigenvalue weighted by Crippen LogP contribution is -2.09. The van der Waals surface area contributed by atoms with Crippen LogP contribution in [0.3, 0.4) is 0 Å². The van der Waals surface area contributed by atoms with Crippen LogP contribution in [0.25, 0.3) is 0 Å². The molecule has 0 amide bonds. The van der Waals surface area contributed by atoms with Crippen LogP contribution >= 0.6 is 11.6 Å². The van der Waals surface area contributed by atoms with Gasteiger partial charge < -0.3 is 10.4 Å². The lowest BCUT2D eigenvalue weighted by Gasteiger charge is -2.17. The summed E-state index contributed by atoms with van der Waals surface area (Å²) in [6.45, 7) is 3.23. The van der Waals surface area contributed by atoms with Crippen molar-refractivity contribution in [3.05, 3.63) is 58.1 Å². The second-order valence-corrected chi connectivity index (χ2v) is 5.06. The van der Waals surface area contributed by atoms with Gasteiger partial charge >= 0.3 is 0 Å². The topological polar surface area (TPSA) is 32.3 Å². The molecule has 0 saturated heterocycles. The molecule has 2 nitrogen and oxygen atoms in total. The van der Waals surface area contributed by atoms with Crippen LogP contribution in [0.5, 0.6) is 5.75 Å². The summed E-state index contributed by atoms with van der Waals surface area (Å²) in [5.41, 5.74) is 1.11. The number of hydrogen-bond donors (Lipinski definition) is 2. The Morgan fingerprint density at radius 3 is 2.50 bits per heavy atom. The maximum absolute atomic E-state index is 13.9. The van der Waals surface area contributed by atoms with E-state index in [2.05, 4.69) is 5.32 Å². The third kappa shape index (κ3) is 3.02. The molecule has 1 atom stereocenters. The minimum absolute atomic E-state index is 0.0302. The summed E-state index contributed by atoms with van der Waals surface area (Å²) in [7, 11) is 0. The van der Waals surface area contributed by atoms with Crippen molar-refractivity contribution in [1.29, 1.82) is 0 Å². The number of anilines is 1. The molecule has 2 aromatic rings. The molecule has 0 aromatic heterocycles. The molecule has 0 fully saturated rings. The van der Waals surface area contributed by atoms with Crippen molar-refractivity contribution in [1.82, 2.24) is 0 Å². The molecule has 2 rings (SSSR count). The lowest BCUT2D eigenvalue weighted by molar-refractivity contribution is 0.475. The Labute approximate surface area is 121 Å². The van der Waals surface area contributed by atoms with E-state index in [0.717, 1.165) is 0 Å².